The molecule has 10 nitrogen and oxygen atoms in total. The van der Waals surface area contributed by atoms with Crippen LogP contribution in [0.2, 0.25) is 5.02 Å². The lowest BCUT2D eigenvalue weighted by Gasteiger charge is -2.34. The van der Waals surface area contributed by atoms with Gasteiger partial charge in [0, 0.05) is 37.2 Å². The molecule has 11 heteroatoms. The number of carbonyl (C=O) groups is 3. The standard InChI is InChI=1S/C16H20ClN7O3/c1-24(2)16(27)9-3-5-11(12(7-9)22-23-18)20-14(25)15(26)21-13-6-4-10(17)8-19-13/h4,6,8-9,11-12H,3,5,7H2,1-2H3,(H,20,25)(H,19,21,26)/t9-,11-,12+/m0/s1. The summed E-state index contributed by atoms with van der Waals surface area (Å²) in [5.74, 6) is -1.91. The Morgan fingerprint density at radius 2 is 2.04 bits per heavy atom. The first-order valence-electron chi connectivity index (χ1n) is 8.30. The Balaban J connectivity index is 1.98. The molecule has 1 saturated carbocycles. The topological polar surface area (TPSA) is 140 Å². The first-order valence-corrected chi connectivity index (χ1v) is 8.68. The van der Waals surface area contributed by atoms with Gasteiger partial charge in [0.15, 0.2) is 0 Å². The first-order chi connectivity index (χ1) is 12.8. The van der Waals surface area contributed by atoms with Crippen LogP contribution in [0, 0.1) is 5.92 Å². The molecule has 3 atom stereocenters. The summed E-state index contributed by atoms with van der Waals surface area (Å²) in [6.07, 6.45) is 2.61. The van der Waals surface area contributed by atoms with Crippen molar-refractivity contribution in [1.82, 2.24) is 15.2 Å². The fourth-order valence-electron chi connectivity index (χ4n) is 2.96. The Morgan fingerprint density at radius 1 is 1.30 bits per heavy atom. The van der Waals surface area contributed by atoms with Crippen LogP contribution in [0.15, 0.2) is 23.4 Å². The average Bonchev–Trinajstić information content (AvgIpc) is 2.64. The van der Waals surface area contributed by atoms with Crippen LogP contribution in [-0.4, -0.2) is 53.8 Å². The Bertz CT molecular complexity index is 762. The van der Waals surface area contributed by atoms with E-state index in [9.17, 15) is 14.4 Å². The molecule has 1 fully saturated rings. The second kappa shape index (κ2) is 9.20. The van der Waals surface area contributed by atoms with Crippen LogP contribution < -0.4 is 10.6 Å². The number of nitrogens with one attached hydrogen (secondary N) is 2. The highest BCUT2D eigenvalue weighted by Crippen LogP contribution is 2.28. The maximum Gasteiger partial charge on any atom is 0.314 e. The lowest BCUT2D eigenvalue weighted by atomic mass is 9.82. The molecule has 0 unspecified atom stereocenters. The van der Waals surface area contributed by atoms with E-state index in [0.717, 1.165) is 0 Å². The smallest absolute Gasteiger partial charge is 0.314 e. The van der Waals surface area contributed by atoms with Crippen molar-refractivity contribution in [2.45, 2.75) is 31.3 Å². The molecule has 1 aromatic rings. The summed E-state index contributed by atoms with van der Waals surface area (Å²) >= 11 is 5.72. The number of azide groups is 1. The van der Waals surface area contributed by atoms with Crippen molar-refractivity contribution in [3.05, 3.63) is 33.8 Å². The molecule has 1 aliphatic rings. The summed E-state index contributed by atoms with van der Waals surface area (Å²) in [7, 11) is 3.32. The number of nitrogens with zero attached hydrogens (tertiary/aromatic N) is 5. The number of halogens is 1. The van der Waals surface area contributed by atoms with Crippen LogP contribution in [0.3, 0.4) is 0 Å². The van der Waals surface area contributed by atoms with Gasteiger partial charge in [-0.3, -0.25) is 14.4 Å². The van der Waals surface area contributed by atoms with Gasteiger partial charge >= 0.3 is 11.8 Å². The largest absolute Gasteiger partial charge is 0.349 e. The predicted octanol–water partition coefficient (Wildman–Crippen LogP) is 1.73. The maximum absolute atomic E-state index is 12.2. The van der Waals surface area contributed by atoms with Crippen LogP contribution >= 0.6 is 11.6 Å². The quantitative estimate of drug-likeness (QED) is 0.347. The molecule has 1 aromatic heterocycles. The van der Waals surface area contributed by atoms with Gasteiger partial charge in [-0.15, -0.1) is 0 Å². The van der Waals surface area contributed by atoms with Crippen LogP contribution in [0.4, 0.5) is 5.82 Å². The van der Waals surface area contributed by atoms with Gasteiger partial charge in [-0.2, -0.15) is 0 Å². The number of hydrogen-bond acceptors (Lipinski definition) is 5. The molecule has 0 aromatic carbocycles. The minimum Gasteiger partial charge on any atom is -0.349 e. The van der Waals surface area contributed by atoms with Crippen molar-refractivity contribution < 1.29 is 14.4 Å². The van der Waals surface area contributed by atoms with Gasteiger partial charge in [0.1, 0.15) is 5.82 Å². The third-order valence-electron chi connectivity index (χ3n) is 4.30. The number of anilines is 1. The van der Waals surface area contributed by atoms with E-state index >= 15 is 0 Å². The second-order valence-electron chi connectivity index (χ2n) is 6.41. The van der Waals surface area contributed by atoms with Gasteiger partial charge in [0.05, 0.1) is 11.1 Å². The van der Waals surface area contributed by atoms with Crippen molar-refractivity contribution in [3.8, 4) is 0 Å². The summed E-state index contributed by atoms with van der Waals surface area (Å²) < 4.78 is 0. The van der Waals surface area contributed by atoms with Crippen LogP contribution in [0.25, 0.3) is 10.4 Å². The molecule has 0 saturated heterocycles. The van der Waals surface area contributed by atoms with E-state index in [2.05, 4.69) is 25.6 Å². The minimum atomic E-state index is -0.893. The molecular weight excluding hydrogens is 374 g/mol. The molecule has 3 amide bonds. The first kappa shape index (κ1) is 20.5. The van der Waals surface area contributed by atoms with Gasteiger partial charge in [0.2, 0.25) is 5.91 Å². The van der Waals surface area contributed by atoms with Crippen molar-refractivity contribution in [1.29, 1.82) is 0 Å². The van der Waals surface area contributed by atoms with Crippen molar-refractivity contribution in [2.75, 3.05) is 19.4 Å². The molecule has 1 aliphatic carbocycles. The normalized spacial score (nSPS) is 21.5. The molecule has 1 heterocycles. The van der Waals surface area contributed by atoms with Crippen molar-refractivity contribution in [3.63, 3.8) is 0 Å². The second-order valence-corrected chi connectivity index (χ2v) is 6.85. The highest BCUT2D eigenvalue weighted by atomic mass is 35.5. The summed E-state index contributed by atoms with van der Waals surface area (Å²) in [4.78, 5) is 44.5. The number of aromatic nitrogens is 1. The molecule has 0 radical (unpaired) electrons. The van der Waals surface area contributed by atoms with Gasteiger partial charge in [-0.1, -0.05) is 16.7 Å². The fraction of sp³-hybridized carbons (Fsp3) is 0.500. The van der Waals surface area contributed by atoms with E-state index in [1.807, 2.05) is 0 Å². The number of amides is 3. The highest BCUT2D eigenvalue weighted by Gasteiger charge is 2.35. The molecule has 27 heavy (non-hydrogen) atoms. The number of carbonyl (C=O) groups excluding carboxylic acids is 3. The van der Waals surface area contributed by atoms with E-state index in [-0.39, 0.29) is 17.6 Å². The van der Waals surface area contributed by atoms with E-state index in [1.165, 1.54) is 23.2 Å². The minimum absolute atomic E-state index is 0.0514. The lowest BCUT2D eigenvalue weighted by molar-refractivity contribution is -0.137. The van der Waals surface area contributed by atoms with Crippen LogP contribution in [0.1, 0.15) is 19.3 Å². The van der Waals surface area contributed by atoms with E-state index in [0.29, 0.717) is 24.3 Å². The molecule has 2 rings (SSSR count). The van der Waals surface area contributed by atoms with E-state index < -0.39 is 23.9 Å². The molecule has 0 aliphatic heterocycles. The van der Waals surface area contributed by atoms with E-state index in [4.69, 9.17) is 17.1 Å². The zero-order valence-corrected chi connectivity index (χ0v) is 15.7. The average molecular weight is 394 g/mol. The highest BCUT2D eigenvalue weighted by molar-refractivity contribution is 6.39. The maximum atomic E-state index is 12.2. The summed E-state index contributed by atoms with van der Waals surface area (Å²) in [5, 5.41) is 9.04. The Morgan fingerprint density at radius 3 is 2.63 bits per heavy atom. The molecule has 0 spiro atoms. The molecule has 0 bridgehead atoms. The zero-order valence-electron chi connectivity index (χ0n) is 14.9. The monoisotopic (exact) mass is 393 g/mol. The third-order valence-corrected chi connectivity index (χ3v) is 4.52. The fourth-order valence-corrected chi connectivity index (χ4v) is 3.07. The zero-order chi connectivity index (χ0) is 20.0. The number of hydrogen-bond donors (Lipinski definition) is 2. The van der Waals surface area contributed by atoms with Gasteiger partial charge < -0.3 is 15.5 Å². The summed E-state index contributed by atoms with van der Waals surface area (Å²) in [6.45, 7) is 0. The molecule has 144 valence electrons. The predicted molar refractivity (Wildman–Crippen MR) is 98.8 cm³/mol. The van der Waals surface area contributed by atoms with Crippen molar-refractivity contribution in [2.24, 2.45) is 11.0 Å². The lowest BCUT2D eigenvalue weighted by Crippen LogP contribution is -2.50. The summed E-state index contributed by atoms with van der Waals surface area (Å²) in [6, 6.07) is 1.86. The van der Waals surface area contributed by atoms with E-state index in [1.54, 1.807) is 14.1 Å². The van der Waals surface area contributed by atoms with Crippen molar-refractivity contribution >= 4 is 35.1 Å². The number of pyridine rings is 1. The Labute approximate surface area is 160 Å². The molecule has 2 N–H and O–H groups in total. The van der Waals surface area contributed by atoms with Crippen LogP contribution in [-0.2, 0) is 14.4 Å². The SMILES string of the molecule is CN(C)C(=O)[C@H]1CC[C@H](NC(=O)C(=O)Nc2ccc(Cl)cn2)[C@H](N=[N+]=[N-])C1. The summed E-state index contributed by atoms with van der Waals surface area (Å²) in [5.41, 5.74) is 8.78. The van der Waals surface area contributed by atoms with Gasteiger partial charge in [-0.05, 0) is 36.9 Å². The Kier molecular flexibility index (Phi) is 6.98. The molecular formula is C16H20ClN7O3. The van der Waals surface area contributed by atoms with Gasteiger partial charge in [0.25, 0.3) is 0 Å². The number of rotatable bonds is 4. The third kappa shape index (κ3) is 5.57. The van der Waals surface area contributed by atoms with Crippen LogP contribution in [0.5, 0.6) is 0 Å². The Hall–Kier alpha value is -2.84. The van der Waals surface area contributed by atoms with Gasteiger partial charge in [-0.25, -0.2) is 4.98 Å².